The summed E-state index contributed by atoms with van der Waals surface area (Å²) in [5.74, 6) is 1.46. The van der Waals surface area contributed by atoms with Gasteiger partial charge in [0, 0.05) is 11.1 Å². The van der Waals surface area contributed by atoms with Crippen molar-refractivity contribution < 1.29 is 18.1 Å². The summed E-state index contributed by atoms with van der Waals surface area (Å²) >= 11 is 0. The number of benzene rings is 3. The van der Waals surface area contributed by atoms with Crippen LogP contribution >= 0.6 is 7.82 Å². The highest BCUT2D eigenvalue weighted by Gasteiger charge is 2.52. The van der Waals surface area contributed by atoms with Gasteiger partial charge in [-0.1, -0.05) is 67.9 Å². The van der Waals surface area contributed by atoms with Gasteiger partial charge in [0.05, 0.1) is 0 Å². The van der Waals surface area contributed by atoms with Gasteiger partial charge in [-0.25, -0.2) is 0 Å². The fourth-order valence-electron chi connectivity index (χ4n) is 3.46. The Bertz CT molecular complexity index is 1040. The molecule has 5 rings (SSSR count). The number of phosphoric acid groups is 1. The lowest BCUT2D eigenvalue weighted by Crippen LogP contribution is -2.00. The van der Waals surface area contributed by atoms with E-state index in [2.05, 4.69) is 31.2 Å². The van der Waals surface area contributed by atoms with Crippen molar-refractivity contribution in [1.29, 1.82) is 0 Å². The van der Waals surface area contributed by atoms with Gasteiger partial charge in [0.2, 0.25) is 5.75 Å². The van der Waals surface area contributed by atoms with Crippen LogP contribution in [-0.4, -0.2) is 0 Å². The zero-order valence-electron chi connectivity index (χ0n) is 14.3. The molecule has 0 saturated heterocycles. The number of hydrogen-bond acceptors (Lipinski definition) is 4. The normalized spacial score (nSPS) is 19.0. The predicted octanol–water partition coefficient (Wildman–Crippen LogP) is 6.24. The SMILES string of the molecule is CCCc1ccc(-c2cc(-c3ccccc3)c3c4c2OP(=O)(O3)O4)cc1. The molecule has 26 heavy (non-hydrogen) atoms. The van der Waals surface area contributed by atoms with Crippen LogP contribution in [0, 0.1) is 0 Å². The molecule has 2 aliphatic heterocycles. The topological polar surface area (TPSA) is 44.8 Å². The van der Waals surface area contributed by atoms with Crippen molar-refractivity contribution in [2.24, 2.45) is 0 Å². The molecule has 3 aromatic rings. The molecule has 0 radical (unpaired) electrons. The first kappa shape index (κ1) is 15.5. The van der Waals surface area contributed by atoms with Gasteiger partial charge in [-0.2, -0.15) is 4.57 Å². The van der Waals surface area contributed by atoms with Crippen LogP contribution in [0.15, 0.2) is 60.7 Å². The molecule has 2 heterocycles. The zero-order valence-corrected chi connectivity index (χ0v) is 15.2. The van der Waals surface area contributed by atoms with Crippen LogP contribution in [0.25, 0.3) is 22.3 Å². The van der Waals surface area contributed by atoms with Crippen molar-refractivity contribution in [2.75, 3.05) is 0 Å². The van der Waals surface area contributed by atoms with Crippen LogP contribution < -0.4 is 13.6 Å². The molecule has 5 heteroatoms. The van der Waals surface area contributed by atoms with Crippen molar-refractivity contribution in [3.8, 4) is 39.5 Å². The van der Waals surface area contributed by atoms with Gasteiger partial charge in [0.15, 0.2) is 11.5 Å². The van der Waals surface area contributed by atoms with E-state index in [1.165, 1.54) is 5.56 Å². The molecule has 3 aromatic carbocycles. The number of rotatable bonds is 4. The first-order valence-corrected chi connectivity index (χ1v) is 10.2. The lowest BCUT2D eigenvalue weighted by atomic mass is 9.95. The van der Waals surface area contributed by atoms with E-state index in [0.29, 0.717) is 17.2 Å². The van der Waals surface area contributed by atoms with E-state index < -0.39 is 7.82 Å². The summed E-state index contributed by atoms with van der Waals surface area (Å²) < 4.78 is 29.1. The average molecular weight is 364 g/mol. The van der Waals surface area contributed by atoms with Gasteiger partial charge >= 0.3 is 7.82 Å². The van der Waals surface area contributed by atoms with Crippen LogP contribution in [0.5, 0.6) is 17.2 Å². The Labute approximate surface area is 152 Å². The molecule has 0 aromatic heterocycles. The van der Waals surface area contributed by atoms with Crippen LogP contribution in [0.1, 0.15) is 18.9 Å². The van der Waals surface area contributed by atoms with E-state index in [1.807, 2.05) is 36.4 Å². The minimum atomic E-state index is -3.56. The molecular formula is C21H17O4P. The summed E-state index contributed by atoms with van der Waals surface area (Å²) in [6.45, 7) is 2.17. The average Bonchev–Trinajstić information content (AvgIpc) is 3.18. The zero-order chi connectivity index (χ0) is 17.7. The van der Waals surface area contributed by atoms with Crippen molar-refractivity contribution in [3.63, 3.8) is 0 Å². The summed E-state index contributed by atoms with van der Waals surface area (Å²) in [5.41, 5.74) is 5.01. The Balaban J connectivity index is 1.70. The highest BCUT2D eigenvalue weighted by Crippen LogP contribution is 2.72. The second-order valence-electron chi connectivity index (χ2n) is 6.49. The van der Waals surface area contributed by atoms with Crippen molar-refractivity contribution in [3.05, 3.63) is 66.2 Å². The third kappa shape index (κ3) is 2.33. The molecule has 130 valence electrons. The van der Waals surface area contributed by atoms with E-state index in [-0.39, 0.29) is 0 Å². The number of aryl methyl sites for hydroxylation is 1. The van der Waals surface area contributed by atoms with Gasteiger partial charge in [-0.3, -0.25) is 0 Å². The number of fused-ring (bicyclic) bond motifs is 1. The highest BCUT2D eigenvalue weighted by atomic mass is 31.2. The third-order valence-corrected chi connectivity index (χ3v) is 5.91. The monoisotopic (exact) mass is 364 g/mol. The first-order valence-electron chi connectivity index (χ1n) is 8.71. The molecule has 0 amide bonds. The summed E-state index contributed by atoms with van der Waals surface area (Å²) in [5, 5.41) is 0. The summed E-state index contributed by atoms with van der Waals surface area (Å²) in [7, 11) is -3.56. The minimum Gasteiger partial charge on any atom is -0.381 e. The van der Waals surface area contributed by atoms with Gasteiger partial charge in [-0.05, 0) is 29.2 Å². The second kappa shape index (κ2) is 5.65. The van der Waals surface area contributed by atoms with E-state index >= 15 is 0 Å². The van der Waals surface area contributed by atoms with Gasteiger partial charge in [-0.15, -0.1) is 0 Å². The fourth-order valence-corrected chi connectivity index (χ4v) is 4.78. The highest BCUT2D eigenvalue weighted by molar-refractivity contribution is 7.50. The quantitative estimate of drug-likeness (QED) is 0.514. The van der Waals surface area contributed by atoms with Gasteiger partial charge in [0.25, 0.3) is 0 Å². The van der Waals surface area contributed by atoms with E-state index in [0.717, 1.165) is 35.1 Å². The maximum Gasteiger partial charge on any atom is 0.647 e. The van der Waals surface area contributed by atoms with Crippen LogP contribution in [0.3, 0.4) is 0 Å². The largest absolute Gasteiger partial charge is 0.647 e. The number of phosphoric ester groups is 1. The Kier molecular flexibility index (Phi) is 3.38. The summed E-state index contributed by atoms with van der Waals surface area (Å²) in [6, 6.07) is 20.3. The second-order valence-corrected chi connectivity index (χ2v) is 7.94. The number of hydrogen-bond donors (Lipinski definition) is 0. The van der Waals surface area contributed by atoms with Crippen LogP contribution in [0.2, 0.25) is 0 Å². The maximum atomic E-state index is 12.6. The molecule has 2 bridgehead atoms. The Morgan fingerprint density at radius 2 is 1.35 bits per heavy atom. The molecule has 0 N–H and O–H groups in total. The molecule has 0 spiro atoms. The predicted molar refractivity (Wildman–Crippen MR) is 101 cm³/mol. The van der Waals surface area contributed by atoms with Crippen molar-refractivity contribution in [1.82, 2.24) is 0 Å². The molecule has 1 atom stereocenters. The fraction of sp³-hybridized carbons (Fsp3) is 0.143. The lowest BCUT2D eigenvalue weighted by Gasteiger charge is -2.17. The van der Waals surface area contributed by atoms with E-state index in [4.69, 9.17) is 13.6 Å². The standard InChI is InChI=1S/C21H17O4P/c1-2-6-14-9-11-16(12-10-14)18-13-17(15-7-4-3-5-8-15)19-21-20(18)24-26(22,23-19)25-21/h3-5,7-13H,2,6H2,1H3. The van der Waals surface area contributed by atoms with E-state index in [9.17, 15) is 4.57 Å². The molecule has 4 nitrogen and oxygen atoms in total. The first-order chi connectivity index (χ1) is 12.7. The molecule has 0 aliphatic carbocycles. The molecular weight excluding hydrogens is 347 g/mol. The minimum absolute atomic E-state index is 0.447. The van der Waals surface area contributed by atoms with Crippen molar-refractivity contribution >= 4 is 7.82 Å². The smallest absolute Gasteiger partial charge is 0.381 e. The maximum absolute atomic E-state index is 12.6. The van der Waals surface area contributed by atoms with Gasteiger partial charge in [0.1, 0.15) is 0 Å². The molecule has 0 saturated carbocycles. The third-order valence-electron chi connectivity index (χ3n) is 4.69. The Morgan fingerprint density at radius 3 is 1.92 bits per heavy atom. The Hall–Kier alpha value is -2.71. The van der Waals surface area contributed by atoms with Gasteiger partial charge < -0.3 is 13.6 Å². The van der Waals surface area contributed by atoms with Crippen molar-refractivity contribution in [2.45, 2.75) is 19.8 Å². The summed E-state index contributed by atoms with van der Waals surface area (Å²) in [4.78, 5) is 0. The summed E-state index contributed by atoms with van der Waals surface area (Å²) in [6.07, 6.45) is 2.16. The Morgan fingerprint density at radius 1 is 0.769 bits per heavy atom. The van der Waals surface area contributed by atoms with E-state index in [1.54, 1.807) is 0 Å². The molecule has 2 aliphatic rings. The molecule has 1 unspecified atom stereocenters. The lowest BCUT2D eigenvalue weighted by molar-refractivity contribution is 0.355. The van der Waals surface area contributed by atoms with Crippen LogP contribution in [0.4, 0.5) is 0 Å². The molecule has 0 fully saturated rings. The van der Waals surface area contributed by atoms with Crippen LogP contribution in [-0.2, 0) is 11.0 Å².